The van der Waals surface area contributed by atoms with Gasteiger partial charge in [-0.05, 0) is 30.4 Å². The number of fused-ring (bicyclic) bond motifs is 1. The van der Waals surface area contributed by atoms with Gasteiger partial charge in [0.15, 0.2) is 0 Å². The summed E-state index contributed by atoms with van der Waals surface area (Å²) in [6, 6.07) is 3.93. The molecule has 3 aromatic heterocycles. The molecular formula is C17H17N3O3S. The van der Waals surface area contributed by atoms with Crippen LogP contribution in [0.1, 0.15) is 42.5 Å². The van der Waals surface area contributed by atoms with Gasteiger partial charge in [0.25, 0.3) is 0 Å². The molecule has 1 atom stereocenters. The van der Waals surface area contributed by atoms with E-state index in [-0.39, 0.29) is 11.9 Å². The van der Waals surface area contributed by atoms with Crippen LogP contribution < -0.4 is 5.32 Å². The van der Waals surface area contributed by atoms with Gasteiger partial charge in [-0.2, -0.15) is 11.3 Å². The minimum Gasteiger partial charge on any atom is -0.469 e. The van der Waals surface area contributed by atoms with Crippen LogP contribution >= 0.6 is 11.3 Å². The number of carbonyl (C=O) groups is 1. The SMILES string of the molecule is O=C(CCc1nnc(-c2ccsc2)o1)NC1CCCc2occc21. The molecule has 1 aliphatic carbocycles. The summed E-state index contributed by atoms with van der Waals surface area (Å²) in [5, 5.41) is 15.0. The lowest BCUT2D eigenvalue weighted by atomic mass is 9.93. The van der Waals surface area contributed by atoms with E-state index in [1.54, 1.807) is 17.6 Å². The van der Waals surface area contributed by atoms with Crippen molar-refractivity contribution >= 4 is 17.2 Å². The smallest absolute Gasteiger partial charge is 0.248 e. The second kappa shape index (κ2) is 6.60. The average molecular weight is 343 g/mol. The normalized spacial score (nSPS) is 16.8. The zero-order valence-electron chi connectivity index (χ0n) is 13.0. The molecule has 0 radical (unpaired) electrons. The zero-order chi connectivity index (χ0) is 16.4. The number of nitrogens with one attached hydrogen (secondary N) is 1. The number of rotatable bonds is 5. The predicted octanol–water partition coefficient (Wildman–Crippen LogP) is 3.52. The van der Waals surface area contributed by atoms with Crippen molar-refractivity contribution in [3.05, 3.63) is 46.4 Å². The second-order valence-corrected chi connectivity index (χ2v) is 6.60. The van der Waals surface area contributed by atoms with Gasteiger partial charge in [0.2, 0.25) is 17.7 Å². The Morgan fingerprint density at radius 1 is 1.38 bits per heavy atom. The van der Waals surface area contributed by atoms with E-state index in [9.17, 15) is 4.79 Å². The Bertz CT molecular complexity index is 822. The Labute approximate surface area is 142 Å². The highest BCUT2D eigenvalue weighted by Gasteiger charge is 2.24. The van der Waals surface area contributed by atoms with Crippen molar-refractivity contribution in [2.24, 2.45) is 0 Å². The van der Waals surface area contributed by atoms with Crippen molar-refractivity contribution in [2.75, 3.05) is 0 Å². The number of hydrogen-bond acceptors (Lipinski definition) is 6. The molecule has 0 saturated heterocycles. The molecule has 0 bridgehead atoms. The van der Waals surface area contributed by atoms with E-state index >= 15 is 0 Å². The van der Waals surface area contributed by atoms with Gasteiger partial charge in [-0.3, -0.25) is 4.79 Å². The van der Waals surface area contributed by atoms with Gasteiger partial charge < -0.3 is 14.2 Å². The van der Waals surface area contributed by atoms with E-state index in [1.807, 2.05) is 22.9 Å². The van der Waals surface area contributed by atoms with Gasteiger partial charge in [0.05, 0.1) is 12.3 Å². The first kappa shape index (κ1) is 15.1. The van der Waals surface area contributed by atoms with Crippen LogP contribution in [0.3, 0.4) is 0 Å². The Morgan fingerprint density at radius 3 is 3.21 bits per heavy atom. The predicted molar refractivity (Wildman–Crippen MR) is 88.5 cm³/mol. The highest BCUT2D eigenvalue weighted by Crippen LogP contribution is 2.30. The van der Waals surface area contributed by atoms with Gasteiger partial charge in [-0.1, -0.05) is 0 Å². The van der Waals surface area contributed by atoms with Gasteiger partial charge in [0.1, 0.15) is 5.76 Å². The Kier molecular flexibility index (Phi) is 4.17. The third-order valence-corrected chi connectivity index (χ3v) is 4.87. The summed E-state index contributed by atoms with van der Waals surface area (Å²) in [6.07, 6.45) is 5.38. The number of carbonyl (C=O) groups excluding carboxylic acids is 1. The van der Waals surface area contributed by atoms with E-state index in [0.717, 1.165) is 36.1 Å². The maximum atomic E-state index is 12.2. The second-order valence-electron chi connectivity index (χ2n) is 5.82. The number of thiophene rings is 1. The number of nitrogens with zero attached hydrogens (tertiary/aromatic N) is 2. The molecule has 0 spiro atoms. The molecule has 0 fully saturated rings. The molecule has 0 aliphatic heterocycles. The van der Waals surface area contributed by atoms with Crippen LogP contribution in [0.25, 0.3) is 11.5 Å². The summed E-state index contributed by atoms with van der Waals surface area (Å²) >= 11 is 1.58. The molecule has 6 nitrogen and oxygen atoms in total. The van der Waals surface area contributed by atoms with Crippen LogP contribution in [-0.2, 0) is 17.6 Å². The van der Waals surface area contributed by atoms with E-state index in [0.29, 0.717) is 24.6 Å². The van der Waals surface area contributed by atoms with Crippen molar-refractivity contribution in [3.63, 3.8) is 0 Å². The molecule has 1 unspecified atom stereocenters. The third kappa shape index (κ3) is 3.12. The number of aryl methyl sites for hydroxylation is 2. The summed E-state index contributed by atoms with van der Waals surface area (Å²) in [4.78, 5) is 12.2. The summed E-state index contributed by atoms with van der Waals surface area (Å²) < 4.78 is 11.1. The largest absolute Gasteiger partial charge is 0.469 e. The molecule has 3 heterocycles. The van der Waals surface area contributed by atoms with E-state index in [1.165, 1.54) is 0 Å². The molecular weight excluding hydrogens is 326 g/mol. The lowest BCUT2D eigenvalue weighted by Gasteiger charge is -2.22. The molecule has 3 aromatic rings. The summed E-state index contributed by atoms with van der Waals surface area (Å²) in [5.74, 6) is 1.97. The minimum absolute atomic E-state index is 0.00988. The maximum absolute atomic E-state index is 12.2. The summed E-state index contributed by atoms with van der Waals surface area (Å²) in [7, 11) is 0. The first-order valence-corrected chi connectivity index (χ1v) is 8.94. The van der Waals surface area contributed by atoms with Gasteiger partial charge in [-0.15, -0.1) is 10.2 Å². The molecule has 24 heavy (non-hydrogen) atoms. The molecule has 1 amide bonds. The van der Waals surface area contributed by atoms with Crippen molar-refractivity contribution in [3.8, 4) is 11.5 Å². The minimum atomic E-state index is -0.00988. The molecule has 1 N–H and O–H groups in total. The van der Waals surface area contributed by atoms with Crippen LogP contribution in [0.2, 0.25) is 0 Å². The van der Waals surface area contributed by atoms with E-state index < -0.39 is 0 Å². The van der Waals surface area contributed by atoms with Gasteiger partial charge in [-0.25, -0.2) is 0 Å². The highest BCUT2D eigenvalue weighted by molar-refractivity contribution is 7.08. The first-order valence-electron chi connectivity index (χ1n) is 8.00. The first-order chi connectivity index (χ1) is 11.8. The van der Waals surface area contributed by atoms with Crippen LogP contribution in [0, 0.1) is 0 Å². The monoisotopic (exact) mass is 343 g/mol. The molecule has 0 saturated carbocycles. The van der Waals surface area contributed by atoms with Crippen LogP contribution in [0.15, 0.2) is 38.0 Å². The highest BCUT2D eigenvalue weighted by atomic mass is 32.1. The van der Waals surface area contributed by atoms with Gasteiger partial charge >= 0.3 is 0 Å². The van der Waals surface area contributed by atoms with Gasteiger partial charge in [0, 0.05) is 35.8 Å². The molecule has 4 rings (SSSR count). The lowest BCUT2D eigenvalue weighted by Crippen LogP contribution is -2.30. The van der Waals surface area contributed by atoms with Crippen LogP contribution in [0.5, 0.6) is 0 Å². The quantitative estimate of drug-likeness (QED) is 0.766. The molecule has 7 heteroatoms. The topological polar surface area (TPSA) is 81.2 Å². The maximum Gasteiger partial charge on any atom is 0.248 e. The fraction of sp³-hybridized carbons (Fsp3) is 0.353. The fourth-order valence-corrected chi connectivity index (χ4v) is 3.61. The van der Waals surface area contributed by atoms with Crippen molar-refractivity contribution in [2.45, 2.75) is 38.1 Å². The summed E-state index contributed by atoms with van der Waals surface area (Å²) in [6.45, 7) is 0. The van der Waals surface area contributed by atoms with E-state index in [4.69, 9.17) is 8.83 Å². The van der Waals surface area contributed by atoms with Crippen molar-refractivity contribution < 1.29 is 13.6 Å². The van der Waals surface area contributed by atoms with Crippen molar-refractivity contribution in [1.82, 2.24) is 15.5 Å². The Hall–Kier alpha value is -2.41. The average Bonchev–Trinajstić information content (AvgIpc) is 3.32. The zero-order valence-corrected chi connectivity index (χ0v) is 13.8. The molecule has 124 valence electrons. The Morgan fingerprint density at radius 2 is 2.33 bits per heavy atom. The van der Waals surface area contributed by atoms with E-state index in [2.05, 4.69) is 15.5 Å². The fourth-order valence-electron chi connectivity index (χ4n) is 2.98. The Balaban J connectivity index is 1.33. The van der Waals surface area contributed by atoms with Crippen LogP contribution in [0.4, 0.5) is 0 Å². The van der Waals surface area contributed by atoms with Crippen molar-refractivity contribution in [1.29, 1.82) is 0 Å². The number of aromatic nitrogens is 2. The standard InChI is InChI=1S/C17H17N3O3S/c21-15(18-13-2-1-3-14-12(13)6-8-22-14)4-5-16-19-20-17(23-16)11-7-9-24-10-11/h6-10,13H,1-5H2,(H,18,21). The lowest BCUT2D eigenvalue weighted by molar-refractivity contribution is -0.122. The molecule has 0 aromatic carbocycles. The summed E-state index contributed by atoms with van der Waals surface area (Å²) in [5.41, 5.74) is 2.02. The number of hydrogen-bond donors (Lipinski definition) is 1. The number of furan rings is 1. The third-order valence-electron chi connectivity index (χ3n) is 4.19. The molecule has 1 aliphatic rings. The number of amides is 1. The van der Waals surface area contributed by atoms with Crippen LogP contribution in [-0.4, -0.2) is 16.1 Å².